The molecular formula is C20H21N5O3. The zero-order valence-corrected chi connectivity index (χ0v) is 15.6. The van der Waals surface area contributed by atoms with Crippen LogP contribution in [0.15, 0.2) is 61.1 Å². The van der Waals surface area contributed by atoms with Gasteiger partial charge in [-0.3, -0.25) is 4.79 Å². The van der Waals surface area contributed by atoms with Crippen LogP contribution in [0.3, 0.4) is 0 Å². The largest absolute Gasteiger partial charge is 0.437 e. The van der Waals surface area contributed by atoms with Gasteiger partial charge in [0.15, 0.2) is 5.69 Å². The summed E-state index contributed by atoms with van der Waals surface area (Å²) in [7, 11) is 1.58. The fourth-order valence-electron chi connectivity index (χ4n) is 2.44. The summed E-state index contributed by atoms with van der Waals surface area (Å²) in [5.41, 5.74) is 0.970. The second-order valence-electron chi connectivity index (χ2n) is 6.01. The molecule has 2 N–H and O–H groups in total. The first-order valence-corrected chi connectivity index (χ1v) is 8.72. The van der Waals surface area contributed by atoms with E-state index in [1.807, 2.05) is 37.3 Å². The fraction of sp³-hybridized carbons (Fsp3) is 0.200. The van der Waals surface area contributed by atoms with E-state index in [4.69, 9.17) is 9.47 Å². The Morgan fingerprint density at radius 1 is 1.04 bits per heavy atom. The van der Waals surface area contributed by atoms with Crippen LogP contribution in [0, 0.1) is 0 Å². The second-order valence-corrected chi connectivity index (χ2v) is 6.01. The van der Waals surface area contributed by atoms with Crippen molar-refractivity contribution in [2.24, 2.45) is 0 Å². The lowest BCUT2D eigenvalue weighted by Crippen LogP contribution is -2.36. The van der Waals surface area contributed by atoms with Gasteiger partial charge in [0.25, 0.3) is 11.8 Å². The van der Waals surface area contributed by atoms with Crippen molar-refractivity contribution in [1.29, 1.82) is 0 Å². The lowest BCUT2D eigenvalue weighted by atomic mass is 10.3. The normalized spacial score (nSPS) is 11.5. The highest BCUT2D eigenvalue weighted by Gasteiger charge is 2.18. The first-order valence-electron chi connectivity index (χ1n) is 8.72. The molecule has 3 rings (SSSR count). The fourth-order valence-corrected chi connectivity index (χ4v) is 2.44. The van der Waals surface area contributed by atoms with Crippen LogP contribution in [-0.2, 0) is 4.74 Å². The molecule has 1 unspecified atom stereocenters. The maximum atomic E-state index is 12.4. The molecule has 28 heavy (non-hydrogen) atoms. The number of methoxy groups -OCH3 is 1. The minimum absolute atomic E-state index is 0.112. The van der Waals surface area contributed by atoms with Gasteiger partial charge in [-0.2, -0.15) is 0 Å². The van der Waals surface area contributed by atoms with E-state index >= 15 is 0 Å². The molecule has 0 spiro atoms. The SMILES string of the molecule is COCC(C)NC(=O)c1nccnc1Oc1ccc(Nc2ccccn2)cc1. The van der Waals surface area contributed by atoms with Crippen molar-refractivity contribution in [2.75, 3.05) is 19.0 Å². The van der Waals surface area contributed by atoms with Crippen molar-refractivity contribution in [3.05, 3.63) is 66.7 Å². The Hall–Kier alpha value is -3.52. The summed E-state index contributed by atoms with van der Waals surface area (Å²) in [5.74, 6) is 1.04. The number of carbonyl (C=O) groups is 1. The Kier molecular flexibility index (Phi) is 6.48. The number of nitrogens with one attached hydrogen (secondary N) is 2. The first kappa shape index (κ1) is 19.2. The molecule has 0 aliphatic rings. The van der Waals surface area contributed by atoms with Crippen LogP contribution < -0.4 is 15.4 Å². The van der Waals surface area contributed by atoms with E-state index < -0.39 is 0 Å². The average Bonchev–Trinajstić information content (AvgIpc) is 2.71. The molecular weight excluding hydrogens is 358 g/mol. The number of ether oxygens (including phenoxy) is 2. The first-order chi connectivity index (χ1) is 13.7. The van der Waals surface area contributed by atoms with Crippen LogP contribution in [-0.4, -0.2) is 40.6 Å². The van der Waals surface area contributed by atoms with Crippen molar-refractivity contribution < 1.29 is 14.3 Å². The molecule has 2 aromatic heterocycles. The van der Waals surface area contributed by atoms with Gasteiger partial charge in [0.2, 0.25) is 0 Å². The van der Waals surface area contributed by atoms with Crippen molar-refractivity contribution in [1.82, 2.24) is 20.3 Å². The van der Waals surface area contributed by atoms with Crippen LogP contribution in [0.25, 0.3) is 0 Å². The van der Waals surface area contributed by atoms with Crippen LogP contribution in [0.4, 0.5) is 11.5 Å². The van der Waals surface area contributed by atoms with Gasteiger partial charge in [-0.15, -0.1) is 0 Å². The highest BCUT2D eigenvalue weighted by molar-refractivity contribution is 5.94. The summed E-state index contributed by atoms with van der Waals surface area (Å²) in [5, 5.41) is 5.98. The number of amides is 1. The van der Waals surface area contributed by atoms with Crippen molar-refractivity contribution >= 4 is 17.4 Å². The molecule has 1 atom stereocenters. The van der Waals surface area contributed by atoms with Gasteiger partial charge in [-0.05, 0) is 43.3 Å². The third kappa shape index (κ3) is 5.24. The number of rotatable bonds is 8. The molecule has 0 aliphatic carbocycles. The van der Waals surface area contributed by atoms with Crippen molar-refractivity contribution in [3.63, 3.8) is 0 Å². The highest BCUT2D eigenvalue weighted by Crippen LogP contribution is 2.24. The Morgan fingerprint density at radius 3 is 2.54 bits per heavy atom. The summed E-state index contributed by atoms with van der Waals surface area (Å²) >= 11 is 0. The molecule has 0 saturated heterocycles. The number of nitrogens with zero attached hydrogens (tertiary/aromatic N) is 3. The van der Waals surface area contributed by atoms with Gasteiger partial charge < -0.3 is 20.1 Å². The van der Waals surface area contributed by atoms with Gasteiger partial charge in [0.05, 0.1) is 6.61 Å². The smallest absolute Gasteiger partial charge is 0.275 e. The predicted molar refractivity (Wildman–Crippen MR) is 105 cm³/mol. The van der Waals surface area contributed by atoms with E-state index in [1.54, 1.807) is 25.4 Å². The standard InChI is InChI=1S/C20H21N5O3/c1-14(13-27-2)24-19(26)18-20(23-12-11-22-18)28-16-8-6-15(7-9-16)25-17-5-3-4-10-21-17/h3-12,14H,13H2,1-2H3,(H,21,25)(H,24,26). The summed E-state index contributed by atoms with van der Waals surface area (Å²) in [6.45, 7) is 2.23. The molecule has 144 valence electrons. The number of aromatic nitrogens is 3. The third-order valence-electron chi connectivity index (χ3n) is 3.68. The monoisotopic (exact) mass is 379 g/mol. The molecule has 8 nitrogen and oxygen atoms in total. The van der Waals surface area contributed by atoms with E-state index in [9.17, 15) is 4.79 Å². The van der Waals surface area contributed by atoms with Crippen molar-refractivity contribution in [3.8, 4) is 11.6 Å². The maximum absolute atomic E-state index is 12.4. The number of benzene rings is 1. The molecule has 2 heterocycles. The summed E-state index contributed by atoms with van der Waals surface area (Å²) < 4.78 is 10.8. The molecule has 0 radical (unpaired) electrons. The summed E-state index contributed by atoms with van der Waals surface area (Å²) in [6, 6.07) is 12.7. The van der Waals surface area contributed by atoms with Gasteiger partial charge in [-0.1, -0.05) is 6.07 Å². The van der Waals surface area contributed by atoms with E-state index in [0.29, 0.717) is 12.4 Å². The minimum Gasteiger partial charge on any atom is -0.437 e. The van der Waals surface area contributed by atoms with Gasteiger partial charge >= 0.3 is 0 Å². The van der Waals surface area contributed by atoms with Crippen LogP contribution >= 0.6 is 0 Å². The number of hydrogen-bond acceptors (Lipinski definition) is 7. The number of pyridine rings is 1. The topological polar surface area (TPSA) is 98.3 Å². The molecule has 0 fully saturated rings. The van der Waals surface area contributed by atoms with Crippen LogP contribution in [0.2, 0.25) is 0 Å². The Balaban J connectivity index is 1.69. The molecule has 1 amide bonds. The Bertz CT molecular complexity index is 903. The van der Waals surface area contributed by atoms with Crippen molar-refractivity contribution in [2.45, 2.75) is 13.0 Å². The van der Waals surface area contributed by atoms with E-state index in [1.165, 1.54) is 12.4 Å². The second kappa shape index (κ2) is 9.43. The maximum Gasteiger partial charge on any atom is 0.275 e. The summed E-state index contributed by atoms with van der Waals surface area (Å²) in [6.07, 6.45) is 4.64. The average molecular weight is 379 g/mol. The lowest BCUT2D eigenvalue weighted by Gasteiger charge is -2.14. The van der Waals surface area contributed by atoms with Crippen LogP contribution in [0.5, 0.6) is 11.6 Å². The van der Waals surface area contributed by atoms with Gasteiger partial charge in [-0.25, -0.2) is 15.0 Å². The number of anilines is 2. The number of carbonyl (C=O) groups excluding carboxylic acids is 1. The third-order valence-corrected chi connectivity index (χ3v) is 3.68. The zero-order valence-electron chi connectivity index (χ0n) is 15.6. The quantitative estimate of drug-likeness (QED) is 0.620. The summed E-state index contributed by atoms with van der Waals surface area (Å²) in [4.78, 5) is 24.9. The molecule has 0 aliphatic heterocycles. The molecule has 3 aromatic rings. The minimum atomic E-state index is -0.374. The van der Waals surface area contributed by atoms with E-state index in [0.717, 1.165) is 11.5 Å². The van der Waals surface area contributed by atoms with Gasteiger partial charge in [0.1, 0.15) is 11.6 Å². The van der Waals surface area contributed by atoms with E-state index in [2.05, 4.69) is 25.6 Å². The molecule has 1 aromatic carbocycles. The van der Waals surface area contributed by atoms with Gasteiger partial charge in [0, 0.05) is 37.4 Å². The number of hydrogen-bond donors (Lipinski definition) is 2. The molecule has 8 heteroatoms. The van der Waals surface area contributed by atoms with E-state index in [-0.39, 0.29) is 23.5 Å². The molecule has 0 bridgehead atoms. The lowest BCUT2D eigenvalue weighted by molar-refractivity contribution is 0.0897. The Morgan fingerprint density at radius 2 is 1.82 bits per heavy atom. The highest BCUT2D eigenvalue weighted by atomic mass is 16.5. The zero-order chi connectivity index (χ0) is 19.8. The molecule has 0 saturated carbocycles. The Labute approximate surface area is 163 Å². The van der Waals surface area contributed by atoms with Crippen LogP contribution in [0.1, 0.15) is 17.4 Å². The predicted octanol–water partition coefficient (Wildman–Crippen LogP) is 3.17.